The molecule has 36 heavy (non-hydrogen) atoms. The Bertz CT molecular complexity index is 965. The van der Waals surface area contributed by atoms with E-state index >= 15 is 0 Å². The Morgan fingerprint density at radius 3 is 2.14 bits per heavy atom. The van der Waals surface area contributed by atoms with Gasteiger partial charge in [0.1, 0.15) is 12.1 Å². The number of piperidine rings is 1. The molecule has 0 aromatic carbocycles. The van der Waals surface area contributed by atoms with Gasteiger partial charge in [-0.25, -0.2) is 0 Å². The molecule has 0 bridgehead atoms. The number of nitrogens with one attached hydrogen (secondary N) is 3. The van der Waals surface area contributed by atoms with Crippen molar-refractivity contribution >= 4 is 29.4 Å². The number of amides is 4. The number of ketones is 1. The van der Waals surface area contributed by atoms with Crippen LogP contribution in [0.3, 0.4) is 0 Å². The fourth-order valence-electron chi connectivity index (χ4n) is 5.94. The van der Waals surface area contributed by atoms with Crippen LogP contribution in [0.5, 0.6) is 0 Å². The standard InChI is InChI=1S/C27H40N4O5/c1-13(2)20(30-23(33)15-7-8-15)26(36)31-12-17-19(27(17,3)4)21(31)24(34)29-18(11-14-5-6-14)22(32)25(35)28-16-9-10-16/h13-21H,5-12H2,1-4H3,(H,28,35)(H,29,34)(H,30,33)/t17-,18?,19-,20-,21-/m0/s1. The molecule has 4 amide bonds. The summed E-state index contributed by atoms with van der Waals surface area (Å²) in [6.45, 7) is 8.47. The summed E-state index contributed by atoms with van der Waals surface area (Å²) < 4.78 is 0. The highest BCUT2D eigenvalue weighted by atomic mass is 16.2. The first-order valence-electron chi connectivity index (χ1n) is 13.7. The highest BCUT2D eigenvalue weighted by molar-refractivity contribution is 6.38. The van der Waals surface area contributed by atoms with Crippen LogP contribution in [0, 0.1) is 35.0 Å². The summed E-state index contributed by atoms with van der Waals surface area (Å²) >= 11 is 0. The summed E-state index contributed by atoms with van der Waals surface area (Å²) in [7, 11) is 0. The lowest BCUT2D eigenvalue weighted by atomic mass is 9.96. The maximum atomic E-state index is 13.7. The molecule has 4 aliphatic carbocycles. The second kappa shape index (κ2) is 9.14. The average molecular weight is 501 g/mol. The number of Topliss-reactive ketones (excluding diaryl/α,β-unsaturated/α-hetero) is 1. The average Bonchev–Trinajstić information content (AvgIpc) is 3.62. The Morgan fingerprint density at radius 1 is 0.917 bits per heavy atom. The third-order valence-electron chi connectivity index (χ3n) is 8.97. The molecule has 198 valence electrons. The molecular weight excluding hydrogens is 460 g/mol. The molecule has 5 atom stereocenters. The Balaban J connectivity index is 1.31. The molecule has 0 radical (unpaired) electrons. The van der Waals surface area contributed by atoms with E-state index in [0.717, 1.165) is 38.5 Å². The number of rotatable bonds is 11. The van der Waals surface area contributed by atoms with E-state index < -0.39 is 29.8 Å². The van der Waals surface area contributed by atoms with Crippen LogP contribution in [0.4, 0.5) is 0 Å². The monoisotopic (exact) mass is 500 g/mol. The Hall–Kier alpha value is -2.45. The first-order chi connectivity index (χ1) is 17.0. The van der Waals surface area contributed by atoms with Gasteiger partial charge in [-0.15, -0.1) is 0 Å². The molecule has 4 saturated carbocycles. The summed E-state index contributed by atoms with van der Waals surface area (Å²) in [4.78, 5) is 67.0. The molecule has 1 aliphatic heterocycles. The van der Waals surface area contributed by atoms with Crippen molar-refractivity contribution in [3.05, 3.63) is 0 Å². The molecule has 9 heteroatoms. The number of nitrogens with zero attached hydrogens (tertiary/aromatic N) is 1. The maximum Gasteiger partial charge on any atom is 0.289 e. The molecule has 0 aromatic heterocycles. The summed E-state index contributed by atoms with van der Waals surface area (Å²) in [5, 5.41) is 8.56. The molecule has 5 rings (SSSR count). The highest BCUT2D eigenvalue weighted by Crippen LogP contribution is 2.65. The molecule has 1 saturated heterocycles. The minimum Gasteiger partial charge on any atom is -0.347 e. The molecule has 5 aliphatic rings. The molecule has 1 unspecified atom stereocenters. The van der Waals surface area contributed by atoms with Crippen LogP contribution in [-0.2, 0) is 24.0 Å². The summed E-state index contributed by atoms with van der Waals surface area (Å²) in [6.07, 6.45) is 5.89. The van der Waals surface area contributed by atoms with Gasteiger partial charge in [0, 0.05) is 18.5 Å². The van der Waals surface area contributed by atoms with Crippen molar-refractivity contribution in [2.45, 2.75) is 96.8 Å². The number of hydrogen-bond acceptors (Lipinski definition) is 5. The fourth-order valence-corrected chi connectivity index (χ4v) is 5.94. The van der Waals surface area contributed by atoms with Crippen LogP contribution in [0.25, 0.3) is 0 Å². The maximum absolute atomic E-state index is 13.7. The van der Waals surface area contributed by atoms with E-state index in [4.69, 9.17) is 0 Å². The number of likely N-dealkylation sites (tertiary alicyclic amines) is 1. The molecule has 1 heterocycles. The van der Waals surface area contributed by atoms with E-state index in [1.807, 2.05) is 13.8 Å². The zero-order chi connectivity index (χ0) is 25.9. The van der Waals surface area contributed by atoms with Gasteiger partial charge in [-0.05, 0) is 61.2 Å². The van der Waals surface area contributed by atoms with Crippen molar-refractivity contribution in [2.24, 2.45) is 35.0 Å². The van der Waals surface area contributed by atoms with Crippen molar-refractivity contribution in [3.63, 3.8) is 0 Å². The lowest BCUT2D eigenvalue weighted by Gasteiger charge is -2.35. The first-order valence-corrected chi connectivity index (χ1v) is 13.7. The van der Waals surface area contributed by atoms with Crippen LogP contribution in [0.15, 0.2) is 0 Å². The van der Waals surface area contributed by atoms with E-state index in [2.05, 4.69) is 29.8 Å². The first kappa shape index (κ1) is 25.2. The van der Waals surface area contributed by atoms with Gasteiger partial charge in [0.2, 0.25) is 23.5 Å². The highest BCUT2D eigenvalue weighted by Gasteiger charge is 2.69. The number of carbonyl (C=O) groups is 5. The Labute approximate surface area is 212 Å². The summed E-state index contributed by atoms with van der Waals surface area (Å²) in [5.74, 6) is -1.54. The lowest BCUT2D eigenvalue weighted by molar-refractivity contribution is -0.145. The van der Waals surface area contributed by atoms with Crippen molar-refractivity contribution in [1.82, 2.24) is 20.9 Å². The number of fused-ring (bicyclic) bond motifs is 1. The minimum absolute atomic E-state index is 0.00892. The van der Waals surface area contributed by atoms with Gasteiger partial charge in [0.15, 0.2) is 0 Å². The van der Waals surface area contributed by atoms with Gasteiger partial charge >= 0.3 is 0 Å². The van der Waals surface area contributed by atoms with E-state index in [-0.39, 0.29) is 52.8 Å². The van der Waals surface area contributed by atoms with Gasteiger partial charge in [-0.2, -0.15) is 0 Å². The van der Waals surface area contributed by atoms with Gasteiger partial charge in [-0.1, -0.05) is 40.5 Å². The van der Waals surface area contributed by atoms with E-state index in [1.54, 1.807) is 4.90 Å². The van der Waals surface area contributed by atoms with E-state index in [9.17, 15) is 24.0 Å². The SMILES string of the molecule is CC(C)[C@H](NC(=O)C1CC1)C(=O)N1C[C@H]2[C@@H]([C@H]1C(=O)NC(CC1CC1)C(=O)C(=O)NC1CC1)C2(C)C. The molecule has 0 aromatic rings. The smallest absolute Gasteiger partial charge is 0.289 e. The Kier molecular flexibility index (Phi) is 6.40. The molecule has 0 spiro atoms. The predicted molar refractivity (Wildman–Crippen MR) is 131 cm³/mol. The molecule has 3 N–H and O–H groups in total. The van der Waals surface area contributed by atoms with Gasteiger partial charge in [0.25, 0.3) is 5.91 Å². The summed E-state index contributed by atoms with van der Waals surface area (Å²) in [6, 6.07) is -2.22. The van der Waals surface area contributed by atoms with Crippen LogP contribution >= 0.6 is 0 Å². The lowest BCUT2D eigenvalue weighted by Crippen LogP contribution is -2.59. The minimum atomic E-state index is -0.878. The summed E-state index contributed by atoms with van der Waals surface area (Å²) in [5.41, 5.74) is -0.0806. The van der Waals surface area contributed by atoms with Crippen molar-refractivity contribution in [2.75, 3.05) is 6.54 Å². The molecule has 9 nitrogen and oxygen atoms in total. The number of carbonyl (C=O) groups excluding carboxylic acids is 5. The number of hydrogen-bond donors (Lipinski definition) is 3. The second-order valence-corrected chi connectivity index (χ2v) is 12.7. The van der Waals surface area contributed by atoms with Gasteiger partial charge < -0.3 is 20.9 Å². The van der Waals surface area contributed by atoms with E-state index in [0.29, 0.717) is 18.9 Å². The van der Waals surface area contributed by atoms with Crippen LogP contribution in [0.2, 0.25) is 0 Å². The normalized spacial score (nSPS) is 29.7. The quantitative estimate of drug-likeness (QED) is 0.367. The second-order valence-electron chi connectivity index (χ2n) is 12.7. The van der Waals surface area contributed by atoms with Crippen molar-refractivity contribution in [3.8, 4) is 0 Å². The topological polar surface area (TPSA) is 125 Å². The third-order valence-corrected chi connectivity index (χ3v) is 8.97. The zero-order valence-electron chi connectivity index (χ0n) is 21.8. The van der Waals surface area contributed by atoms with Crippen molar-refractivity contribution in [1.29, 1.82) is 0 Å². The van der Waals surface area contributed by atoms with Crippen LogP contribution in [0.1, 0.15) is 72.6 Å². The van der Waals surface area contributed by atoms with Crippen LogP contribution < -0.4 is 16.0 Å². The molecular formula is C27H40N4O5. The van der Waals surface area contributed by atoms with Crippen molar-refractivity contribution < 1.29 is 24.0 Å². The third kappa shape index (κ3) is 5.02. The van der Waals surface area contributed by atoms with Crippen LogP contribution in [-0.4, -0.2) is 65.0 Å². The largest absolute Gasteiger partial charge is 0.347 e. The molecule has 5 fully saturated rings. The van der Waals surface area contributed by atoms with E-state index in [1.165, 1.54) is 0 Å². The predicted octanol–water partition coefficient (Wildman–Crippen LogP) is 1.15. The fraction of sp³-hybridized carbons (Fsp3) is 0.815. The van der Waals surface area contributed by atoms with Gasteiger partial charge in [0.05, 0.1) is 6.04 Å². The van der Waals surface area contributed by atoms with Gasteiger partial charge in [-0.3, -0.25) is 24.0 Å². The Morgan fingerprint density at radius 2 is 1.58 bits per heavy atom. The zero-order valence-corrected chi connectivity index (χ0v) is 21.8.